The summed E-state index contributed by atoms with van der Waals surface area (Å²) in [4.78, 5) is 0. The van der Waals surface area contributed by atoms with Gasteiger partial charge < -0.3 is 0 Å². The largest absolute Gasteiger partial charge is 0.127 e. The van der Waals surface area contributed by atoms with Crippen molar-refractivity contribution in [3.63, 3.8) is 0 Å². The van der Waals surface area contributed by atoms with Gasteiger partial charge in [-0.25, -0.2) is 0 Å². The monoisotopic (exact) mass is 264 g/mol. The number of rotatable bonds is 8. The van der Waals surface area contributed by atoms with Gasteiger partial charge in [0.05, 0.1) is 0 Å². The summed E-state index contributed by atoms with van der Waals surface area (Å²) in [7, 11) is 0. The van der Waals surface area contributed by atoms with Crippen LogP contribution in [0.2, 0.25) is 0 Å². The molecule has 0 aromatic carbocycles. The van der Waals surface area contributed by atoms with Gasteiger partial charge in [-0.05, 0) is 31.1 Å². The molecule has 4 heteroatoms. The van der Waals surface area contributed by atoms with Crippen LogP contribution in [0.4, 0.5) is 0 Å². The van der Waals surface area contributed by atoms with Crippen molar-refractivity contribution in [2.75, 3.05) is 23.5 Å². The second kappa shape index (κ2) is 8.47. The topological polar surface area (TPSA) is 0 Å². The SMILES string of the molecule is ClCCC(CCCl)(CCCl)CCCl. The van der Waals surface area contributed by atoms with Gasteiger partial charge in [-0.1, -0.05) is 0 Å². The third-order valence-corrected chi connectivity index (χ3v) is 3.26. The van der Waals surface area contributed by atoms with Crippen molar-refractivity contribution in [3.05, 3.63) is 0 Å². The van der Waals surface area contributed by atoms with Crippen LogP contribution in [0, 0.1) is 5.41 Å². The highest BCUT2D eigenvalue weighted by Gasteiger charge is 2.27. The van der Waals surface area contributed by atoms with Crippen LogP contribution in [0.5, 0.6) is 0 Å². The number of alkyl halides is 4. The smallest absolute Gasteiger partial charge is 0.0228 e. The molecule has 0 unspecified atom stereocenters. The van der Waals surface area contributed by atoms with Gasteiger partial charge in [-0.15, -0.1) is 46.4 Å². The van der Waals surface area contributed by atoms with Gasteiger partial charge in [-0.3, -0.25) is 0 Å². The molecule has 0 bridgehead atoms. The molecule has 0 aliphatic heterocycles. The Morgan fingerprint density at radius 1 is 0.538 bits per heavy atom. The summed E-state index contributed by atoms with van der Waals surface area (Å²) >= 11 is 23.1. The second-order valence-electron chi connectivity index (χ2n) is 3.26. The predicted molar refractivity (Wildman–Crippen MR) is 63.8 cm³/mol. The highest BCUT2D eigenvalue weighted by atomic mass is 35.5. The quantitative estimate of drug-likeness (QED) is 0.568. The van der Waals surface area contributed by atoms with Crippen molar-refractivity contribution in [3.8, 4) is 0 Å². The van der Waals surface area contributed by atoms with Gasteiger partial charge in [0.25, 0.3) is 0 Å². The summed E-state index contributed by atoms with van der Waals surface area (Å²) in [5, 5.41) is 0. The van der Waals surface area contributed by atoms with Crippen LogP contribution in [0.25, 0.3) is 0 Å². The van der Waals surface area contributed by atoms with Crippen LogP contribution in [0.1, 0.15) is 25.7 Å². The average molecular weight is 266 g/mol. The molecule has 0 amide bonds. The Morgan fingerprint density at radius 3 is 0.923 bits per heavy atom. The third kappa shape index (κ3) is 5.57. The molecular weight excluding hydrogens is 250 g/mol. The standard InChI is InChI=1S/C9H16Cl4/c10-5-1-9(2-6-11,3-7-12)4-8-13/h1-8H2. The fraction of sp³-hybridized carbons (Fsp3) is 1.00. The zero-order chi connectivity index (χ0) is 10.2. The average Bonchev–Trinajstić information content (AvgIpc) is 2.06. The van der Waals surface area contributed by atoms with E-state index in [0.717, 1.165) is 25.7 Å². The Labute approximate surface area is 101 Å². The number of hydrogen-bond acceptors (Lipinski definition) is 0. The van der Waals surface area contributed by atoms with Gasteiger partial charge in [0, 0.05) is 23.5 Å². The molecule has 80 valence electrons. The fourth-order valence-electron chi connectivity index (χ4n) is 1.55. The molecule has 13 heavy (non-hydrogen) atoms. The maximum Gasteiger partial charge on any atom is 0.0228 e. The molecule has 0 aromatic heterocycles. The van der Waals surface area contributed by atoms with E-state index in [4.69, 9.17) is 46.4 Å². The Kier molecular flexibility index (Phi) is 9.22. The Hall–Kier alpha value is 1.16. The molecular formula is C9H16Cl4. The molecule has 0 aliphatic carbocycles. The van der Waals surface area contributed by atoms with Gasteiger partial charge in [-0.2, -0.15) is 0 Å². The third-order valence-electron chi connectivity index (χ3n) is 2.50. The first-order chi connectivity index (χ1) is 6.24. The molecule has 0 saturated heterocycles. The summed E-state index contributed by atoms with van der Waals surface area (Å²) in [6.45, 7) is 0. The minimum Gasteiger partial charge on any atom is -0.127 e. The maximum absolute atomic E-state index is 5.76. The predicted octanol–water partition coefficient (Wildman–Crippen LogP) is 4.49. The van der Waals surface area contributed by atoms with Gasteiger partial charge in [0.15, 0.2) is 0 Å². The Bertz CT molecular complexity index is 86.7. The lowest BCUT2D eigenvalue weighted by Gasteiger charge is -2.31. The summed E-state index contributed by atoms with van der Waals surface area (Å²) in [6, 6.07) is 0. The molecule has 0 aliphatic rings. The lowest BCUT2D eigenvalue weighted by Crippen LogP contribution is -2.23. The van der Waals surface area contributed by atoms with E-state index in [1.807, 2.05) is 0 Å². The summed E-state index contributed by atoms with van der Waals surface area (Å²) < 4.78 is 0. The normalized spacial score (nSPS) is 12.0. The highest BCUT2D eigenvalue weighted by molar-refractivity contribution is 6.19. The molecule has 0 fully saturated rings. The lowest BCUT2D eigenvalue weighted by molar-refractivity contribution is 0.247. The summed E-state index contributed by atoms with van der Waals surface area (Å²) in [5.74, 6) is 2.63. The molecule has 0 rings (SSSR count). The van der Waals surface area contributed by atoms with Crippen LogP contribution in [0.15, 0.2) is 0 Å². The maximum atomic E-state index is 5.76. The van der Waals surface area contributed by atoms with E-state index in [1.165, 1.54) is 0 Å². The fourth-order valence-corrected chi connectivity index (χ4v) is 3.16. The van der Waals surface area contributed by atoms with Gasteiger partial charge in [0.2, 0.25) is 0 Å². The van der Waals surface area contributed by atoms with Crippen molar-refractivity contribution < 1.29 is 0 Å². The molecule has 0 saturated carbocycles. The highest BCUT2D eigenvalue weighted by Crippen LogP contribution is 2.36. The van der Waals surface area contributed by atoms with Gasteiger partial charge in [0.1, 0.15) is 0 Å². The van der Waals surface area contributed by atoms with Crippen LogP contribution >= 0.6 is 46.4 Å². The van der Waals surface area contributed by atoms with E-state index in [1.54, 1.807) is 0 Å². The molecule has 0 N–H and O–H groups in total. The molecule has 0 aromatic rings. The minimum atomic E-state index is 0.174. The summed E-state index contributed by atoms with van der Waals surface area (Å²) in [6.07, 6.45) is 3.84. The molecule has 0 atom stereocenters. The molecule has 0 nitrogen and oxygen atoms in total. The Morgan fingerprint density at radius 2 is 0.769 bits per heavy atom. The minimum absolute atomic E-state index is 0.174. The van der Waals surface area contributed by atoms with E-state index in [-0.39, 0.29) is 5.41 Å². The Balaban J connectivity index is 4.19. The van der Waals surface area contributed by atoms with Crippen LogP contribution in [0.3, 0.4) is 0 Å². The first kappa shape index (κ1) is 14.2. The number of halogens is 4. The molecule has 0 spiro atoms. The van der Waals surface area contributed by atoms with Crippen molar-refractivity contribution in [1.82, 2.24) is 0 Å². The first-order valence-electron chi connectivity index (χ1n) is 4.48. The number of hydrogen-bond donors (Lipinski definition) is 0. The van der Waals surface area contributed by atoms with E-state index >= 15 is 0 Å². The van der Waals surface area contributed by atoms with Crippen LogP contribution in [-0.4, -0.2) is 23.5 Å². The van der Waals surface area contributed by atoms with Crippen LogP contribution in [-0.2, 0) is 0 Å². The van der Waals surface area contributed by atoms with E-state index in [9.17, 15) is 0 Å². The van der Waals surface area contributed by atoms with Crippen molar-refractivity contribution in [2.45, 2.75) is 25.7 Å². The second-order valence-corrected chi connectivity index (χ2v) is 4.77. The van der Waals surface area contributed by atoms with Crippen LogP contribution < -0.4 is 0 Å². The van der Waals surface area contributed by atoms with Crippen molar-refractivity contribution in [1.29, 1.82) is 0 Å². The lowest BCUT2D eigenvalue weighted by atomic mass is 9.77. The molecule has 0 heterocycles. The summed E-state index contributed by atoms with van der Waals surface area (Å²) in [5.41, 5.74) is 0.174. The van der Waals surface area contributed by atoms with E-state index in [2.05, 4.69) is 0 Å². The van der Waals surface area contributed by atoms with E-state index < -0.39 is 0 Å². The van der Waals surface area contributed by atoms with Crippen molar-refractivity contribution >= 4 is 46.4 Å². The van der Waals surface area contributed by atoms with Gasteiger partial charge >= 0.3 is 0 Å². The molecule has 0 radical (unpaired) electrons. The zero-order valence-corrected chi connectivity index (χ0v) is 10.7. The van der Waals surface area contributed by atoms with E-state index in [0.29, 0.717) is 23.5 Å². The van der Waals surface area contributed by atoms with Crippen molar-refractivity contribution in [2.24, 2.45) is 5.41 Å². The zero-order valence-electron chi connectivity index (χ0n) is 7.67. The first-order valence-corrected chi connectivity index (χ1v) is 6.62.